The summed E-state index contributed by atoms with van der Waals surface area (Å²) in [6, 6.07) is 9.91. The summed E-state index contributed by atoms with van der Waals surface area (Å²) in [5.74, 6) is 0.715. The molecule has 0 heterocycles. The molecule has 0 fully saturated rings. The van der Waals surface area contributed by atoms with Gasteiger partial charge in [0.2, 0.25) is 0 Å². The molecule has 0 aliphatic heterocycles. The first-order chi connectivity index (χ1) is 9.91. The van der Waals surface area contributed by atoms with Crippen LogP contribution in [-0.2, 0) is 9.05 Å². The first-order valence-corrected chi connectivity index (χ1v) is 8.89. The number of hydrogen-bond acceptors (Lipinski definition) is 4. The van der Waals surface area contributed by atoms with Crippen molar-refractivity contribution in [3.8, 4) is 0 Å². The summed E-state index contributed by atoms with van der Waals surface area (Å²) in [6.45, 7) is 12.3. The van der Waals surface area contributed by atoms with Gasteiger partial charge in [-0.2, -0.15) is 0 Å². The molecule has 4 nitrogen and oxygen atoms in total. The molecule has 5 heteroatoms. The van der Waals surface area contributed by atoms with Crippen LogP contribution in [0.4, 0.5) is 0 Å². The minimum absolute atomic E-state index is 0.358. The van der Waals surface area contributed by atoms with Gasteiger partial charge >= 0.3 is 9.28 Å². The quantitative estimate of drug-likeness (QED) is 0.441. The van der Waals surface area contributed by atoms with Gasteiger partial charge in [-0.3, -0.25) is 0 Å². The van der Waals surface area contributed by atoms with E-state index in [-0.39, 0.29) is 0 Å². The molecule has 1 rings (SSSR count). The standard InChI is InChI=1S/C16H26N2O2Si/c1-12(2)14(5)17-19-21(16-10-8-7-9-11-16)20-18-15(6)13(3)4/h7-13,21H,1-6H3. The van der Waals surface area contributed by atoms with Crippen molar-refractivity contribution in [3.05, 3.63) is 30.3 Å². The fourth-order valence-electron chi connectivity index (χ4n) is 1.22. The van der Waals surface area contributed by atoms with E-state index < -0.39 is 9.28 Å². The van der Waals surface area contributed by atoms with Crippen molar-refractivity contribution >= 4 is 25.9 Å². The highest BCUT2D eigenvalue weighted by molar-refractivity contribution is 6.61. The van der Waals surface area contributed by atoms with Crippen molar-refractivity contribution in [3.63, 3.8) is 0 Å². The molecule has 0 radical (unpaired) electrons. The Kier molecular flexibility index (Phi) is 7.15. The molecular weight excluding hydrogens is 280 g/mol. The van der Waals surface area contributed by atoms with Crippen LogP contribution in [0.15, 0.2) is 40.6 Å². The van der Waals surface area contributed by atoms with Gasteiger partial charge in [-0.05, 0) is 25.7 Å². The predicted octanol–water partition coefficient (Wildman–Crippen LogP) is 3.21. The van der Waals surface area contributed by atoms with E-state index in [1.54, 1.807) is 0 Å². The Morgan fingerprint density at radius 1 is 0.857 bits per heavy atom. The number of oxime groups is 2. The average Bonchev–Trinajstić information content (AvgIpc) is 2.47. The molecule has 0 aliphatic carbocycles. The van der Waals surface area contributed by atoms with Gasteiger partial charge in [-0.25, -0.2) is 0 Å². The lowest BCUT2D eigenvalue weighted by atomic mass is 10.1. The maximum Gasteiger partial charge on any atom is 0.527 e. The van der Waals surface area contributed by atoms with Crippen molar-refractivity contribution < 1.29 is 9.05 Å². The summed E-state index contributed by atoms with van der Waals surface area (Å²) < 4.78 is 11.4. The number of hydrogen-bond donors (Lipinski definition) is 0. The third kappa shape index (κ3) is 6.12. The van der Waals surface area contributed by atoms with Crippen LogP contribution in [0.2, 0.25) is 0 Å². The van der Waals surface area contributed by atoms with E-state index in [2.05, 4.69) is 38.0 Å². The van der Waals surface area contributed by atoms with Gasteiger partial charge in [0.1, 0.15) is 0 Å². The summed E-state index contributed by atoms with van der Waals surface area (Å²) in [6.07, 6.45) is 0. The van der Waals surface area contributed by atoms with E-state index >= 15 is 0 Å². The topological polar surface area (TPSA) is 43.2 Å². The lowest BCUT2D eigenvalue weighted by molar-refractivity contribution is 0.220. The zero-order chi connectivity index (χ0) is 15.8. The third-order valence-corrected chi connectivity index (χ3v) is 4.85. The van der Waals surface area contributed by atoms with Gasteiger partial charge in [-0.1, -0.05) is 58.0 Å². The highest BCUT2D eigenvalue weighted by Crippen LogP contribution is 2.02. The molecule has 0 saturated heterocycles. The van der Waals surface area contributed by atoms with Crippen LogP contribution in [0.5, 0.6) is 0 Å². The Hall–Kier alpha value is -1.62. The van der Waals surface area contributed by atoms with E-state index in [1.165, 1.54) is 0 Å². The maximum absolute atomic E-state index is 5.68. The Morgan fingerprint density at radius 3 is 1.67 bits per heavy atom. The predicted molar refractivity (Wildman–Crippen MR) is 91.3 cm³/mol. The first kappa shape index (κ1) is 17.4. The molecule has 0 aliphatic rings. The molecule has 0 spiro atoms. The van der Waals surface area contributed by atoms with Gasteiger partial charge in [0, 0.05) is 5.19 Å². The molecule has 0 N–H and O–H groups in total. The van der Waals surface area contributed by atoms with Crippen LogP contribution in [0.3, 0.4) is 0 Å². The summed E-state index contributed by atoms with van der Waals surface area (Å²) >= 11 is 0. The smallest absolute Gasteiger partial charge is 0.406 e. The fourth-order valence-corrected chi connectivity index (χ4v) is 2.57. The summed E-state index contributed by atoms with van der Waals surface area (Å²) in [5.41, 5.74) is 1.91. The Balaban J connectivity index is 2.86. The first-order valence-electron chi connectivity index (χ1n) is 7.37. The van der Waals surface area contributed by atoms with E-state index in [4.69, 9.17) is 9.05 Å². The van der Waals surface area contributed by atoms with E-state index in [0.29, 0.717) is 11.8 Å². The Bertz CT molecular complexity index is 458. The average molecular weight is 306 g/mol. The number of benzene rings is 1. The second-order valence-electron chi connectivity index (χ2n) is 5.73. The molecule has 0 bridgehead atoms. The van der Waals surface area contributed by atoms with Gasteiger partial charge < -0.3 is 9.05 Å². The molecule has 1 aromatic rings. The lowest BCUT2D eigenvalue weighted by Gasteiger charge is -2.14. The van der Waals surface area contributed by atoms with E-state index in [9.17, 15) is 0 Å². The maximum atomic E-state index is 5.68. The lowest BCUT2D eigenvalue weighted by Crippen LogP contribution is -2.34. The van der Waals surface area contributed by atoms with Gasteiger partial charge in [0.15, 0.2) is 0 Å². The highest BCUT2D eigenvalue weighted by Gasteiger charge is 2.20. The van der Waals surface area contributed by atoms with Crippen molar-refractivity contribution in [1.29, 1.82) is 0 Å². The molecular formula is C16H26N2O2Si. The molecule has 0 amide bonds. The van der Waals surface area contributed by atoms with Gasteiger partial charge in [0.05, 0.1) is 11.4 Å². The van der Waals surface area contributed by atoms with Crippen molar-refractivity contribution in [2.75, 3.05) is 0 Å². The largest absolute Gasteiger partial charge is 0.527 e. The van der Waals surface area contributed by atoms with Crippen LogP contribution < -0.4 is 5.19 Å². The second kappa shape index (κ2) is 8.62. The highest BCUT2D eigenvalue weighted by atomic mass is 28.3. The zero-order valence-electron chi connectivity index (χ0n) is 13.8. The molecule has 1 aromatic carbocycles. The zero-order valence-corrected chi connectivity index (χ0v) is 15.0. The molecule has 0 atom stereocenters. The summed E-state index contributed by atoms with van der Waals surface area (Å²) in [5, 5.41) is 9.44. The van der Waals surface area contributed by atoms with Gasteiger partial charge in [0.25, 0.3) is 0 Å². The van der Waals surface area contributed by atoms with E-state index in [1.807, 2.05) is 44.2 Å². The summed E-state index contributed by atoms with van der Waals surface area (Å²) in [4.78, 5) is 0. The second-order valence-corrected chi connectivity index (χ2v) is 7.48. The van der Waals surface area contributed by atoms with Gasteiger partial charge in [-0.15, -0.1) is 10.3 Å². The van der Waals surface area contributed by atoms with E-state index in [0.717, 1.165) is 16.6 Å². The third-order valence-electron chi connectivity index (χ3n) is 3.33. The molecule has 0 unspecified atom stereocenters. The minimum Gasteiger partial charge on any atom is -0.406 e. The Morgan fingerprint density at radius 2 is 1.29 bits per heavy atom. The number of rotatable bonds is 7. The van der Waals surface area contributed by atoms with Crippen LogP contribution in [-0.4, -0.2) is 20.7 Å². The summed E-state index contributed by atoms with van der Waals surface area (Å²) in [7, 11) is -2.16. The van der Waals surface area contributed by atoms with Crippen LogP contribution in [0, 0.1) is 11.8 Å². The fraction of sp³-hybridized carbons (Fsp3) is 0.500. The minimum atomic E-state index is -2.16. The van der Waals surface area contributed by atoms with Crippen molar-refractivity contribution in [2.45, 2.75) is 41.5 Å². The molecule has 21 heavy (non-hydrogen) atoms. The van der Waals surface area contributed by atoms with Crippen LogP contribution in [0.25, 0.3) is 0 Å². The molecule has 0 aromatic heterocycles. The molecule has 0 saturated carbocycles. The van der Waals surface area contributed by atoms with Crippen molar-refractivity contribution in [2.24, 2.45) is 22.1 Å². The normalized spacial score (nSPS) is 14.5. The monoisotopic (exact) mass is 306 g/mol. The SMILES string of the molecule is CC(=NO[SiH](ON=C(C)C(C)C)c1ccccc1)C(C)C. The van der Waals surface area contributed by atoms with Crippen LogP contribution >= 0.6 is 0 Å². The number of nitrogens with zero attached hydrogens (tertiary/aromatic N) is 2. The van der Waals surface area contributed by atoms with Crippen molar-refractivity contribution in [1.82, 2.24) is 0 Å². The molecule has 116 valence electrons. The Labute approximate surface area is 129 Å². The van der Waals surface area contributed by atoms with Crippen LogP contribution in [0.1, 0.15) is 41.5 Å².